The summed E-state index contributed by atoms with van der Waals surface area (Å²) in [5.74, 6) is 1.40. The first kappa shape index (κ1) is 18.9. The van der Waals surface area contributed by atoms with Gasteiger partial charge in [-0.2, -0.15) is 0 Å². The Morgan fingerprint density at radius 2 is 1.85 bits per heavy atom. The van der Waals surface area contributed by atoms with Crippen molar-refractivity contribution in [2.24, 2.45) is 17.8 Å². The number of carbonyl (C=O) groups excluding carboxylic acids is 2. The molecule has 0 unspecified atom stereocenters. The standard InChI is InChI=1S/C21H31N3O2/c1-15(25)23-14-16-9-11-17(12-10-16)20(19-8-4-5-13-22-19)24-21(26)18-6-2-3-7-18/h4-5,8,13,16-18,20H,2-3,6-7,9-12,14H2,1H3,(H,23,25)(H,24,26)/t16?,17?,20-/m1/s1. The zero-order chi connectivity index (χ0) is 18.4. The fourth-order valence-electron chi connectivity index (χ4n) is 4.47. The fourth-order valence-corrected chi connectivity index (χ4v) is 4.47. The monoisotopic (exact) mass is 357 g/mol. The van der Waals surface area contributed by atoms with Crippen LogP contribution < -0.4 is 10.6 Å². The Hall–Kier alpha value is -1.91. The minimum atomic E-state index is 0.00557. The molecule has 0 spiro atoms. The van der Waals surface area contributed by atoms with Gasteiger partial charge in [-0.3, -0.25) is 14.6 Å². The highest BCUT2D eigenvalue weighted by Crippen LogP contribution is 2.37. The Kier molecular flexibility index (Phi) is 6.64. The second-order valence-electron chi connectivity index (χ2n) is 7.94. The Bertz CT molecular complexity index is 591. The summed E-state index contributed by atoms with van der Waals surface area (Å²) in [6.07, 6.45) is 10.5. The summed E-state index contributed by atoms with van der Waals surface area (Å²) in [5, 5.41) is 6.28. The van der Waals surface area contributed by atoms with E-state index in [-0.39, 0.29) is 23.8 Å². The summed E-state index contributed by atoms with van der Waals surface area (Å²) < 4.78 is 0. The molecule has 26 heavy (non-hydrogen) atoms. The van der Waals surface area contributed by atoms with Gasteiger partial charge in [-0.1, -0.05) is 18.9 Å². The van der Waals surface area contributed by atoms with Crippen LogP contribution in [0.1, 0.15) is 70.0 Å². The van der Waals surface area contributed by atoms with Crippen molar-refractivity contribution in [3.8, 4) is 0 Å². The van der Waals surface area contributed by atoms with Gasteiger partial charge in [-0.15, -0.1) is 0 Å². The molecule has 1 atom stereocenters. The van der Waals surface area contributed by atoms with Gasteiger partial charge >= 0.3 is 0 Å². The van der Waals surface area contributed by atoms with E-state index >= 15 is 0 Å². The smallest absolute Gasteiger partial charge is 0.223 e. The SMILES string of the molecule is CC(=O)NCC1CCC([C@@H](NC(=O)C2CCCC2)c2ccccn2)CC1. The molecule has 1 heterocycles. The molecule has 0 aromatic carbocycles. The first-order chi connectivity index (χ1) is 12.6. The largest absolute Gasteiger partial charge is 0.356 e. The van der Waals surface area contributed by atoms with Crippen molar-refractivity contribution in [3.63, 3.8) is 0 Å². The third-order valence-electron chi connectivity index (χ3n) is 6.03. The van der Waals surface area contributed by atoms with Crippen LogP contribution in [0.15, 0.2) is 24.4 Å². The van der Waals surface area contributed by atoms with Gasteiger partial charge in [-0.25, -0.2) is 0 Å². The summed E-state index contributed by atoms with van der Waals surface area (Å²) in [4.78, 5) is 28.4. The van der Waals surface area contributed by atoms with Crippen LogP contribution in [0, 0.1) is 17.8 Å². The van der Waals surface area contributed by atoms with E-state index in [4.69, 9.17) is 0 Å². The van der Waals surface area contributed by atoms with Crippen LogP contribution in [0.5, 0.6) is 0 Å². The molecule has 0 saturated heterocycles. The van der Waals surface area contributed by atoms with Crippen molar-refractivity contribution in [3.05, 3.63) is 30.1 Å². The number of hydrogen-bond donors (Lipinski definition) is 2. The van der Waals surface area contributed by atoms with Gasteiger partial charge in [-0.05, 0) is 62.5 Å². The lowest BCUT2D eigenvalue weighted by molar-refractivity contribution is -0.126. The van der Waals surface area contributed by atoms with E-state index in [1.807, 2.05) is 24.4 Å². The highest BCUT2D eigenvalue weighted by atomic mass is 16.2. The van der Waals surface area contributed by atoms with E-state index in [0.717, 1.165) is 50.8 Å². The van der Waals surface area contributed by atoms with E-state index in [1.54, 1.807) is 6.92 Å². The van der Waals surface area contributed by atoms with Gasteiger partial charge in [0.05, 0.1) is 11.7 Å². The van der Waals surface area contributed by atoms with Crippen LogP contribution in [0.2, 0.25) is 0 Å². The Labute approximate surface area is 156 Å². The number of carbonyl (C=O) groups is 2. The fraction of sp³-hybridized carbons (Fsp3) is 0.667. The zero-order valence-electron chi connectivity index (χ0n) is 15.7. The molecule has 5 heteroatoms. The maximum atomic E-state index is 12.7. The van der Waals surface area contributed by atoms with Crippen molar-refractivity contribution in [2.45, 2.75) is 64.3 Å². The average Bonchev–Trinajstić information content (AvgIpc) is 3.20. The van der Waals surface area contributed by atoms with Crippen molar-refractivity contribution in [1.82, 2.24) is 15.6 Å². The molecule has 1 aromatic rings. The quantitative estimate of drug-likeness (QED) is 0.820. The topological polar surface area (TPSA) is 71.1 Å². The predicted molar refractivity (Wildman–Crippen MR) is 101 cm³/mol. The van der Waals surface area contributed by atoms with Crippen LogP contribution in [0.3, 0.4) is 0 Å². The minimum Gasteiger partial charge on any atom is -0.356 e. The number of amides is 2. The van der Waals surface area contributed by atoms with Gasteiger partial charge in [0, 0.05) is 25.6 Å². The first-order valence-electron chi connectivity index (χ1n) is 10.1. The number of rotatable bonds is 6. The molecule has 2 fully saturated rings. The summed E-state index contributed by atoms with van der Waals surface area (Å²) in [5.41, 5.74) is 0.976. The molecule has 2 N–H and O–H groups in total. The van der Waals surface area contributed by atoms with Gasteiger partial charge < -0.3 is 10.6 Å². The van der Waals surface area contributed by atoms with E-state index in [9.17, 15) is 9.59 Å². The lowest BCUT2D eigenvalue weighted by atomic mass is 9.77. The maximum absolute atomic E-state index is 12.7. The van der Waals surface area contributed by atoms with E-state index in [1.165, 1.54) is 12.8 Å². The molecule has 0 bridgehead atoms. The number of nitrogens with one attached hydrogen (secondary N) is 2. The summed E-state index contributed by atoms with van der Waals surface area (Å²) in [6.45, 7) is 2.34. The summed E-state index contributed by atoms with van der Waals surface area (Å²) in [6, 6.07) is 5.96. The van der Waals surface area contributed by atoms with Gasteiger partial charge in [0.25, 0.3) is 0 Å². The van der Waals surface area contributed by atoms with Crippen LogP contribution in [0.4, 0.5) is 0 Å². The number of pyridine rings is 1. The molecule has 0 aliphatic heterocycles. The normalized spacial score (nSPS) is 24.8. The van der Waals surface area contributed by atoms with E-state index in [2.05, 4.69) is 15.6 Å². The average molecular weight is 357 g/mol. The van der Waals surface area contributed by atoms with Crippen LogP contribution in [-0.4, -0.2) is 23.3 Å². The number of nitrogens with zero attached hydrogens (tertiary/aromatic N) is 1. The third-order valence-corrected chi connectivity index (χ3v) is 6.03. The summed E-state index contributed by atoms with van der Waals surface area (Å²) >= 11 is 0. The molecular weight excluding hydrogens is 326 g/mol. The lowest BCUT2D eigenvalue weighted by Gasteiger charge is -2.34. The highest BCUT2D eigenvalue weighted by molar-refractivity contribution is 5.79. The molecule has 142 valence electrons. The first-order valence-corrected chi connectivity index (χ1v) is 10.1. The Balaban J connectivity index is 1.62. The van der Waals surface area contributed by atoms with E-state index < -0.39 is 0 Å². The molecule has 2 amide bonds. The summed E-state index contributed by atoms with van der Waals surface area (Å²) in [7, 11) is 0. The van der Waals surface area contributed by atoms with Crippen LogP contribution >= 0.6 is 0 Å². The van der Waals surface area contributed by atoms with Crippen molar-refractivity contribution < 1.29 is 9.59 Å². The molecule has 5 nitrogen and oxygen atoms in total. The van der Waals surface area contributed by atoms with Gasteiger partial charge in [0.1, 0.15) is 0 Å². The second-order valence-corrected chi connectivity index (χ2v) is 7.94. The van der Waals surface area contributed by atoms with Gasteiger partial charge in [0.2, 0.25) is 11.8 Å². The number of hydrogen-bond acceptors (Lipinski definition) is 3. The van der Waals surface area contributed by atoms with Gasteiger partial charge in [0.15, 0.2) is 0 Å². The Morgan fingerprint density at radius 1 is 1.12 bits per heavy atom. The molecular formula is C21H31N3O2. The molecule has 2 aliphatic rings. The predicted octanol–water partition coefficient (Wildman–Crippen LogP) is 3.37. The molecule has 1 aromatic heterocycles. The number of aromatic nitrogens is 1. The molecule has 2 saturated carbocycles. The zero-order valence-corrected chi connectivity index (χ0v) is 15.7. The van der Waals surface area contributed by atoms with Crippen LogP contribution in [0.25, 0.3) is 0 Å². The third kappa shape index (κ3) is 5.05. The second kappa shape index (κ2) is 9.15. The van der Waals surface area contributed by atoms with Crippen molar-refractivity contribution in [2.75, 3.05) is 6.54 Å². The van der Waals surface area contributed by atoms with Crippen LogP contribution in [-0.2, 0) is 9.59 Å². The Morgan fingerprint density at radius 3 is 2.46 bits per heavy atom. The molecule has 2 aliphatic carbocycles. The highest BCUT2D eigenvalue weighted by Gasteiger charge is 2.32. The lowest BCUT2D eigenvalue weighted by Crippen LogP contribution is -2.39. The maximum Gasteiger partial charge on any atom is 0.223 e. The van der Waals surface area contributed by atoms with Crippen molar-refractivity contribution in [1.29, 1.82) is 0 Å². The van der Waals surface area contributed by atoms with E-state index in [0.29, 0.717) is 11.8 Å². The molecule has 3 rings (SSSR count). The molecule has 0 radical (unpaired) electrons. The minimum absolute atomic E-state index is 0.00557. The van der Waals surface area contributed by atoms with Crippen molar-refractivity contribution >= 4 is 11.8 Å².